The SMILES string of the molecule is CC(C)(C)OC(=O)N(Cc1ccccc1)C(=O)c1ccc2ccccc2n1. The van der Waals surface area contributed by atoms with Crippen molar-refractivity contribution in [1.82, 2.24) is 9.88 Å². The summed E-state index contributed by atoms with van der Waals surface area (Å²) in [7, 11) is 0. The number of hydrogen-bond donors (Lipinski definition) is 0. The molecule has 0 fully saturated rings. The minimum absolute atomic E-state index is 0.114. The Kier molecular flexibility index (Phi) is 5.21. The van der Waals surface area contributed by atoms with Crippen LogP contribution in [0.5, 0.6) is 0 Å². The van der Waals surface area contributed by atoms with Gasteiger partial charge in [0, 0.05) is 5.39 Å². The third-order valence-corrected chi connectivity index (χ3v) is 3.86. The summed E-state index contributed by atoms with van der Waals surface area (Å²) in [5.74, 6) is -0.487. The van der Waals surface area contributed by atoms with E-state index in [1.165, 1.54) is 0 Å². The molecule has 0 saturated carbocycles. The van der Waals surface area contributed by atoms with Crippen LogP contribution in [-0.2, 0) is 11.3 Å². The molecule has 3 rings (SSSR count). The molecule has 2 amide bonds. The van der Waals surface area contributed by atoms with Crippen molar-refractivity contribution in [3.63, 3.8) is 0 Å². The number of carbonyl (C=O) groups excluding carboxylic acids is 2. The van der Waals surface area contributed by atoms with Gasteiger partial charge < -0.3 is 4.74 Å². The van der Waals surface area contributed by atoms with E-state index in [1.54, 1.807) is 26.8 Å². The molecular weight excluding hydrogens is 340 g/mol. The first kappa shape index (κ1) is 18.6. The maximum absolute atomic E-state index is 13.1. The zero-order valence-electron chi connectivity index (χ0n) is 15.7. The molecule has 1 heterocycles. The molecule has 0 aliphatic carbocycles. The number of hydrogen-bond acceptors (Lipinski definition) is 4. The van der Waals surface area contributed by atoms with Gasteiger partial charge in [0.2, 0.25) is 0 Å². The van der Waals surface area contributed by atoms with Gasteiger partial charge in [0.15, 0.2) is 0 Å². The summed E-state index contributed by atoms with van der Waals surface area (Å²) >= 11 is 0. The van der Waals surface area contributed by atoms with Crippen LogP contribution in [0.25, 0.3) is 10.9 Å². The van der Waals surface area contributed by atoms with E-state index in [1.807, 2.05) is 60.7 Å². The number of imide groups is 1. The van der Waals surface area contributed by atoms with Gasteiger partial charge in [-0.05, 0) is 38.5 Å². The molecule has 5 heteroatoms. The molecule has 1 aromatic heterocycles. The molecule has 5 nitrogen and oxygen atoms in total. The molecule has 138 valence electrons. The van der Waals surface area contributed by atoms with Gasteiger partial charge in [0.1, 0.15) is 11.3 Å². The van der Waals surface area contributed by atoms with Crippen LogP contribution >= 0.6 is 0 Å². The van der Waals surface area contributed by atoms with Crippen molar-refractivity contribution in [2.24, 2.45) is 0 Å². The molecule has 2 aromatic carbocycles. The number of ether oxygens (including phenoxy) is 1. The zero-order valence-corrected chi connectivity index (χ0v) is 15.7. The van der Waals surface area contributed by atoms with Crippen molar-refractivity contribution in [1.29, 1.82) is 0 Å². The quantitative estimate of drug-likeness (QED) is 0.671. The number of carbonyl (C=O) groups is 2. The maximum Gasteiger partial charge on any atom is 0.417 e. The Balaban J connectivity index is 1.94. The molecule has 0 aliphatic heterocycles. The van der Waals surface area contributed by atoms with Crippen molar-refractivity contribution in [3.8, 4) is 0 Å². The Hall–Kier alpha value is -3.21. The van der Waals surface area contributed by atoms with Crippen molar-refractivity contribution in [2.45, 2.75) is 32.9 Å². The monoisotopic (exact) mass is 362 g/mol. The molecule has 0 radical (unpaired) electrons. The highest BCUT2D eigenvalue weighted by Gasteiger charge is 2.29. The molecule has 27 heavy (non-hydrogen) atoms. The first-order valence-electron chi connectivity index (χ1n) is 8.78. The van der Waals surface area contributed by atoms with E-state index in [0.29, 0.717) is 5.52 Å². The second kappa shape index (κ2) is 7.58. The Morgan fingerprint density at radius 3 is 2.30 bits per heavy atom. The molecule has 0 aliphatic rings. The van der Waals surface area contributed by atoms with Crippen molar-refractivity contribution in [3.05, 3.63) is 78.0 Å². The average molecular weight is 362 g/mol. The van der Waals surface area contributed by atoms with Crippen molar-refractivity contribution in [2.75, 3.05) is 0 Å². The van der Waals surface area contributed by atoms with E-state index < -0.39 is 17.6 Å². The van der Waals surface area contributed by atoms with Gasteiger partial charge >= 0.3 is 6.09 Å². The summed E-state index contributed by atoms with van der Waals surface area (Å²) in [5.41, 5.74) is 1.03. The standard InChI is InChI=1S/C22H22N2O3/c1-22(2,3)27-21(26)24(15-16-9-5-4-6-10-16)20(25)19-14-13-17-11-7-8-12-18(17)23-19/h4-14H,15H2,1-3H3. The third-order valence-electron chi connectivity index (χ3n) is 3.86. The summed E-state index contributed by atoms with van der Waals surface area (Å²) in [4.78, 5) is 31.3. The Labute approximate surface area is 158 Å². The first-order valence-corrected chi connectivity index (χ1v) is 8.78. The Morgan fingerprint density at radius 2 is 1.59 bits per heavy atom. The van der Waals surface area contributed by atoms with E-state index in [4.69, 9.17) is 4.74 Å². The smallest absolute Gasteiger partial charge is 0.417 e. The summed E-state index contributed by atoms with van der Waals surface area (Å²) in [6.07, 6.45) is -0.689. The highest BCUT2D eigenvalue weighted by atomic mass is 16.6. The fourth-order valence-electron chi connectivity index (χ4n) is 2.63. The van der Waals surface area contributed by atoms with Crippen LogP contribution in [0.3, 0.4) is 0 Å². The van der Waals surface area contributed by atoms with Crippen LogP contribution < -0.4 is 0 Å². The van der Waals surface area contributed by atoms with Crippen LogP contribution in [0.1, 0.15) is 36.8 Å². The number of nitrogens with zero attached hydrogens (tertiary/aromatic N) is 2. The minimum atomic E-state index is -0.705. The molecule has 0 unspecified atom stereocenters. The first-order chi connectivity index (χ1) is 12.8. The van der Waals surface area contributed by atoms with Gasteiger partial charge in [0.25, 0.3) is 5.91 Å². The van der Waals surface area contributed by atoms with Crippen molar-refractivity contribution >= 4 is 22.9 Å². The van der Waals surface area contributed by atoms with Gasteiger partial charge in [-0.1, -0.05) is 54.6 Å². The fraction of sp³-hybridized carbons (Fsp3) is 0.227. The highest BCUT2D eigenvalue weighted by molar-refractivity contribution is 6.02. The van der Waals surface area contributed by atoms with Crippen LogP contribution in [0.15, 0.2) is 66.7 Å². The summed E-state index contributed by atoms with van der Waals surface area (Å²) in [5, 5.41) is 0.931. The number of pyridine rings is 1. The number of aromatic nitrogens is 1. The molecule has 0 N–H and O–H groups in total. The molecule has 3 aromatic rings. The molecule has 0 bridgehead atoms. The average Bonchev–Trinajstić information content (AvgIpc) is 2.64. The number of benzene rings is 2. The minimum Gasteiger partial charge on any atom is -0.443 e. The van der Waals surface area contributed by atoms with Crippen LogP contribution in [0, 0.1) is 0 Å². The number of amides is 2. The molecular formula is C22H22N2O3. The van der Waals surface area contributed by atoms with Crippen molar-refractivity contribution < 1.29 is 14.3 Å². The van der Waals surface area contributed by atoms with Gasteiger partial charge in [-0.2, -0.15) is 0 Å². The fourth-order valence-corrected chi connectivity index (χ4v) is 2.63. The summed E-state index contributed by atoms with van der Waals surface area (Å²) in [6.45, 7) is 5.42. The Morgan fingerprint density at radius 1 is 0.926 bits per heavy atom. The Bertz CT molecular complexity index is 962. The lowest BCUT2D eigenvalue weighted by Gasteiger charge is -2.26. The third kappa shape index (κ3) is 4.70. The molecule has 0 atom stereocenters. The molecule has 0 spiro atoms. The van der Waals surface area contributed by atoms with Crippen LogP contribution in [-0.4, -0.2) is 27.5 Å². The summed E-state index contributed by atoms with van der Waals surface area (Å²) in [6, 6.07) is 20.3. The number of rotatable bonds is 3. The lowest BCUT2D eigenvalue weighted by atomic mass is 10.1. The molecule has 0 saturated heterocycles. The van der Waals surface area contributed by atoms with E-state index in [2.05, 4.69) is 4.98 Å². The van der Waals surface area contributed by atoms with Gasteiger partial charge in [-0.15, -0.1) is 0 Å². The largest absolute Gasteiger partial charge is 0.443 e. The summed E-state index contributed by atoms with van der Waals surface area (Å²) < 4.78 is 5.44. The van der Waals surface area contributed by atoms with Crippen LogP contribution in [0.2, 0.25) is 0 Å². The predicted molar refractivity (Wildman–Crippen MR) is 104 cm³/mol. The van der Waals surface area contributed by atoms with E-state index >= 15 is 0 Å². The maximum atomic E-state index is 13.1. The normalized spacial score (nSPS) is 11.2. The highest BCUT2D eigenvalue weighted by Crippen LogP contribution is 2.17. The second-order valence-electron chi connectivity index (χ2n) is 7.25. The van der Waals surface area contributed by atoms with Crippen LogP contribution in [0.4, 0.5) is 4.79 Å². The van der Waals surface area contributed by atoms with E-state index in [9.17, 15) is 9.59 Å². The predicted octanol–water partition coefficient (Wildman–Crippen LogP) is 4.81. The number of fused-ring (bicyclic) bond motifs is 1. The number of para-hydroxylation sites is 1. The zero-order chi connectivity index (χ0) is 19.4. The lowest BCUT2D eigenvalue weighted by molar-refractivity contribution is 0.0225. The van der Waals surface area contributed by atoms with E-state index in [0.717, 1.165) is 15.8 Å². The second-order valence-corrected chi connectivity index (χ2v) is 7.25. The van der Waals surface area contributed by atoms with Gasteiger partial charge in [0.05, 0.1) is 12.1 Å². The lowest BCUT2D eigenvalue weighted by Crippen LogP contribution is -2.40. The topological polar surface area (TPSA) is 59.5 Å². The van der Waals surface area contributed by atoms with Gasteiger partial charge in [-0.3, -0.25) is 4.79 Å². The van der Waals surface area contributed by atoms with E-state index in [-0.39, 0.29) is 12.2 Å². The van der Waals surface area contributed by atoms with Gasteiger partial charge in [-0.25, -0.2) is 14.7 Å².